The molecule has 0 atom stereocenters. The molecule has 1 heterocycles. The first-order valence-corrected chi connectivity index (χ1v) is 6.57. The molecule has 1 rings (SSSR count). The van der Waals surface area contributed by atoms with Gasteiger partial charge < -0.3 is 10.6 Å². The Morgan fingerprint density at radius 3 is 2.67 bits per heavy atom. The summed E-state index contributed by atoms with van der Waals surface area (Å²) >= 11 is 1.55. The number of halogens is 2. The van der Waals surface area contributed by atoms with Crippen LogP contribution in [0.4, 0.5) is 8.78 Å². The molecule has 0 saturated carbocycles. The molecule has 2 N–H and O–H groups in total. The first-order valence-electron chi connectivity index (χ1n) is 5.70. The van der Waals surface area contributed by atoms with Crippen LogP contribution < -0.4 is 10.6 Å². The molecule has 1 aromatic rings. The lowest BCUT2D eigenvalue weighted by Crippen LogP contribution is -2.39. The molecule has 1 aromatic heterocycles. The van der Waals surface area contributed by atoms with Gasteiger partial charge in [0.15, 0.2) is 5.96 Å². The predicted octanol–water partition coefficient (Wildman–Crippen LogP) is 2.20. The van der Waals surface area contributed by atoms with Crippen LogP contribution in [0, 0.1) is 0 Å². The summed E-state index contributed by atoms with van der Waals surface area (Å²) in [6.45, 7) is 4.24. The van der Waals surface area contributed by atoms with Crippen molar-refractivity contribution >= 4 is 17.3 Å². The van der Waals surface area contributed by atoms with Crippen LogP contribution in [0.2, 0.25) is 0 Å². The maximum atomic E-state index is 12.0. The minimum absolute atomic E-state index is 0.358. The molecule has 0 amide bonds. The Hall–Kier alpha value is -1.24. The Kier molecular flexibility index (Phi) is 5.97. The topological polar surface area (TPSA) is 49.3 Å². The van der Waals surface area contributed by atoms with Crippen LogP contribution in [0.3, 0.4) is 0 Å². The number of aromatic nitrogens is 1. The molecule has 7 heteroatoms. The Morgan fingerprint density at radius 2 is 2.17 bits per heavy atom. The summed E-state index contributed by atoms with van der Waals surface area (Å²) in [5, 5.41) is 8.41. The zero-order valence-electron chi connectivity index (χ0n) is 10.7. The molecule has 0 aliphatic carbocycles. The number of alkyl halides is 2. The largest absolute Gasteiger partial charge is 0.351 e. The lowest BCUT2D eigenvalue weighted by molar-refractivity contribution is 0.152. The van der Waals surface area contributed by atoms with E-state index in [4.69, 9.17) is 0 Å². The van der Waals surface area contributed by atoms with Crippen LogP contribution in [0.15, 0.2) is 10.4 Å². The normalized spacial score (nSPS) is 12.3. The van der Waals surface area contributed by atoms with E-state index in [0.717, 1.165) is 10.7 Å². The summed E-state index contributed by atoms with van der Waals surface area (Å²) in [7, 11) is 1.54. The molecule has 18 heavy (non-hydrogen) atoms. The van der Waals surface area contributed by atoms with Crippen molar-refractivity contribution in [1.82, 2.24) is 15.6 Å². The van der Waals surface area contributed by atoms with E-state index in [1.54, 1.807) is 18.4 Å². The van der Waals surface area contributed by atoms with Gasteiger partial charge in [-0.1, -0.05) is 13.8 Å². The number of hydrogen-bond donors (Lipinski definition) is 2. The summed E-state index contributed by atoms with van der Waals surface area (Å²) in [6, 6.07) is 0. The summed E-state index contributed by atoms with van der Waals surface area (Å²) in [6.07, 6.45) is -2.39. The molecule has 0 spiro atoms. The summed E-state index contributed by atoms with van der Waals surface area (Å²) in [5.74, 6) is 0.753. The molecule has 0 aliphatic rings. The van der Waals surface area contributed by atoms with Crippen molar-refractivity contribution in [3.8, 4) is 0 Å². The van der Waals surface area contributed by atoms with Gasteiger partial charge in [-0.2, -0.15) is 0 Å². The number of aliphatic imine (C=N–C) groups is 1. The maximum Gasteiger partial charge on any atom is 0.255 e. The third-order valence-corrected chi connectivity index (χ3v) is 3.08. The second-order valence-electron chi connectivity index (χ2n) is 4.02. The van der Waals surface area contributed by atoms with Crippen molar-refractivity contribution < 1.29 is 8.78 Å². The highest BCUT2D eigenvalue weighted by Crippen LogP contribution is 2.17. The van der Waals surface area contributed by atoms with E-state index < -0.39 is 13.0 Å². The van der Waals surface area contributed by atoms with E-state index in [1.165, 1.54) is 0 Å². The quantitative estimate of drug-likeness (QED) is 0.640. The first kappa shape index (κ1) is 14.8. The molecule has 4 nitrogen and oxygen atoms in total. The molecular weight excluding hydrogens is 258 g/mol. The number of guanidine groups is 1. The first-order chi connectivity index (χ1) is 8.52. The number of nitrogens with one attached hydrogen (secondary N) is 2. The van der Waals surface area contributed by atoms with Gasteiger partial charge in [-0.15, -0.1) is 11.3 Å². The lowest BCUT2D eigenvalue weighted by atomic mass is 10.2. The molecule has 0 bridgehead atoms. The molecule has 0 fully saturated rings. The number of thiazole rings is 1. The molecule has 0 aromatic carbocycles. The van der Waals surface area contributed by atoms with Gasteiger partial charge in [0.25, 0.3) is 6.43 Å². The highest BCUT2D eigenvalue weighted by molar-refractivity contribution is 7.09. The van der Waals surface area contributed by atoms with Crippen LogP contribution in [-0.2, 0) is 6.54 Å². The van der Waals surface area contributed by atoms with Gasteiger partial charge in [0.1, 0.15) is 5.01 Å². The van der Waals surface area contributed by atoms with Crippen LogP contribution in [0.5, 0.6) is 0 Å². The van der Waals surface area contributed by atoms with Crippen molar-refractivity contribution in [2.24, 2.45) is 4.99 Å². The minimum atomic E-state index is -2.39. The van der Waals surface area contributed by atoms with Gasteiger partial charge in [0.2, 0.25) is 0 Å². The van der Waals surface area contributed by atoms with E-state index >= 15 is 0 Å². The smallest absolute Gasteiger partial charge is 0.255 e. The number of nitrogens with zero attached hydrogens (tertiary/aromatic N) is 2. The zero-order valence-corrected chi connectivity index (χ0v) is 11.5. The zero-order chi connectivity index (χ0) is 13.5. The fourth-order valence-corrected chi connectivity index (χ4v) is 2.12. The summed E-state index contributed by atoms with van der Waals surface area (Å²) in [4.78, 5) is 8.29. The van der Waals surface area contributed by atoms with Gasteiger partial charge in [-0.05, 0) is 5.92 Å². The Bertz CT molecular complexity index is 390. The third-order valence-electron chi connectivity index (χ3n) is 2.22. The van der Waals surface area contributed by atoms with E-state index in [9.17, 15) is 8.78 Å². The summed E-state index contributed by atoms with van der Waals surface area (Å²) < 4.78 is 24.1. The maximum absolute atomic E-state index is 12.0. The van der Waals surface area contributed by atoms with Gasteiger partial charge in [-0.3, -0.25) is 4.99 Å². The SMILES string of the molecule is CN=C(NCc1nc(C(C)C)cs1)NCC(F)F. The second-order valence-corrected chi connectivity index (χ2v) is 4.96. The number of hydrogen-bond acceptors (Lipinski definition) is 3. The van der Waals surface area contributed by atoms with E-state index in [2.05, 4.69) is 34.5 Å². The second kappa shape index (κ2) is 7.25. The van der Waals surface area contributed by atoms with Crippen molar-refractivity contribution in [3.05, 3.63) is 16.1 Å². The highest BCUT2D eigenvalue weighted by atomic mass is 32.1. The van der Waals surface area contributed by atoms with Crippen molar-refractivity contribution in [2.45, 2.75) is 32.7 Å². The van der Waals surface area contributed by atoms with E-state index in [-0.39, 0.29) is 0 Å². The Balaban J connectivity index is 2.42. The third kappa shape index (κ3) is 4.95. The van der Waals surface area contributed by atoms with Crippen LogP contribution >= 0.6 is 11.3 Å². The predicted molar refractivity (Wildman–Crippen MR) is 70.4 cm³/mol. The molecule has 0 unspecified atom stereocenters. The fraction of sp³-hybridized carbons (Fsp3) is 0.636. The molecule has 0 aliphatic heterocycles. The highest BCUT2D eigenvalue weighted by Gasteiger charge is 2.07. The van der Waals surface area contributed by atoms with Gasteiger partial charge >= 0.3 is 0 Å². The van der Waals surface area contributed by atoms with E-state index in [1.807, 2.05) is 5.38 Å². The van der Waals surface area contributed by atoms with Crippen molar-refractivity contribution in [2.75, 3.05) is 13.6 Å². The molecule has 0 saturated heterocycles. The Labute approximate surface area is 110 Å². The average Bonchev–Trinajstić information content (AvgIpc) is 2.78. The standard InChI is InChI=1S/C11H18F2N4S/c1-7(2)8-6-18-10(17-8)5-16-11(14-3)15-4-9(12)13/h6-7,9H,4-5H2,1-3H3,(H2,14,15,16). The number of rotatable bonds is 5. The fourth-order valence-electron chi connectivity index (χ4n) is 1.23. The monoisotopic (exact) mass is 276 g/mol. The van der Waals surface area contributed by atoms with Crippen molar-refractivity contribution in [1.29, 1.82) is 0 Å². The van der Waals surface area contributed by atoms with Crippen molar-refractivity contribution in [3.63, 3.8) is 0 Å². The van der Waals surface area contributed by atoms with Crippen LogP contribution in [0.25, 0.3) is 0 Å². The lowest BCUT2D eigenvalue weighted by Gasteiger charge is -2.10. The van der Waals surface area contributed by atoms with Gasteiger partial charge in [-0.25, -0.2) is 13.8 Å². The van der Waals surface area contributed by atoms with Crippen LogP contribution in [-0.4, -0.2) is 31.0 Å². The van der Waals surface area contributed by atoms with E-state index in [0.29, 0.717) is 18.4 Å². The van der Waals surface area contributed by atoms with Gasteiger partial charge in [0, 0.05) is 12.4 Å². The average molecular weight is 276 g/mol. The summed E-state index contributed by atoms with van der Waals surface area (Å²) in [5.41, 5.74) is 1.05. The Morgan fingerprint density at radius 1 is 1.44 bits per heavy atom. The molecule has 0 radical (unpaired) electrons. The minimum Gasteiger partial charge on any atom is -0.351 e. The molecule has 102 valence electrons. The van der Waals surface area contributed by atoms with Gasteiger partial charge in [0.05, 0.1) is 18.8 Å². The van der Waals surface area contributed by atoms with Crippen LogP contribution in [0.1, 0.15) is 30.5 Å². The molecular formula is C11H18F2N4S.